The van der Waals surface area contributed by atoms with Gasteiger partial charge in [0.25, 0.3) is 0 Å². The molecule has 0 radical (unpaired) electrons. The van der Waals surface area contributed by atoms with E-state index in [1.807, 2.05) is 24.3 Å². The number of nitrogens with two attached hydrogens (primary N) is 1. The van der Waals surface area contributed by atoms with Crippen molar-refractivity contribution in [3.63, 3.8) is 0 Å². The third-order valence-electron chi connectivity index (χ3n) is 3.67. The normalized spacial score (nSPS) is 18.7. The van der Waals surface area contributed by atoms with E-state index in [0.29, 0.717) is 10.9 Å². The molecular weight excluding hydrogens is 264 g/mol. The number of halogens is 1. The van der Waals surface area contributed by atoms with Crippen molar-refractivity contribution in [3.05, 3.63) is 35.0 Å². The summed E-state index contributed by atoms with van der Waals surface area (Å²) in [7, 11) is 1.72. The molecule has 0 saturated heterocycles. The maximum Gasteiger partial charge on any atom is 0.134 e. The van der Waals surface area contributed by atoms with Gasteiger partial charge in [-0.15, -0.1) is 0 Å². The Hall–Kier alpha value is -1.07. The molecule has 2 unspecified atom stereocenters. The summed E-state index contributed by atoms with van der Waals surface area (Å²) >= 11 is 5.98. The largest absolute Gasteiger partial charge is 0.459 e. The molecule has 0 spiro atoms. The van der Waals surface area contributed by atoms with E-state index in [1.165, 1.54) is 12.8 Å². The molecule has 2 aromatic rings. The minimum atomic E-state index is -0.135. The summed E-state index contributed by atoms with van der Waals surface area (Å²) in [5.41, 5.74) is 3.63. The number of hydrazine groups is 1. The highest BCUT2D eigenvalue weighted by molar-refractivity contribution is 6.31. The van der Waals surface area contributed by atoms with E-state index < -0.39 is 0 Å². The highest BCUT2D eigenvalue weighted by Crippen LogP contribution is 2.40. The summed E-state index contributed by atoms with van der Waals surface area (Å²) in [6, 6.07) is 7.41. The van der Waals surface area contributed by atoms with Gasteiger partial charge < -0.3 is 9.15 Å². The van der Waals surface area contributed by atoms with E-state index in [4.69, 9.17) is 26.6 Å². The van der Waals surface area contributed by atoms with E-state index in [-0.39, 0.29) is 12.1 Å². The zero-order chi connectivity index (χ0) is 13.4. The third-order valence-corrected chi connectivity index (χ3v) is 3.91. The van der Waals surface area contributed by atoms with Crippen molar-refractivity contribution >= 4 is 22.6 Å². The number of furan rings is 1. The number of benzene rings is 1. The fourth-order valence-electron chi connectivity index (χ4n) is 2.55. The molecule has 1 aliphatic carbocycles. The lowest BCUT2D eigenvalue weighted by molar-refractivity contribution is 0.0444. The van der Waals surface area contributed by atoms with E-state index in [9.17, 15) is 0 Å². The van der Waals surface area contributed by atoms with Crippen LogP contribution in [0, 0.1) is 5.92 Å². The van der Waals surface area contributed by atoms with Crippen LogP contribution in [-0.4, -0.2) is 13.2 Å². The minimum absolute atomic E-state index is 0.0426. The quantitative estimate of drug-likeness (QED) is 0.653. The number of methoxy groups -OCH3 is 1. The predicted molar refractivity (Wildman–Crippen MR) is 74.8 cm³/mol. The minimum Gasteiger partial charge on any atom is -0.459 e. The molecule has 3 rings (SSSR count). The first-order valence-corrected chi connectivity index (χ1v) is 6.78. The van der Waals surface area contributed by atoms with E-state index in [1.54, 1.807) is 7.11 Å². The number of hydrogen-bond donors (Lipinski definition) is 2. The summed E-state index contributed by atoms with van der Waals surface area (Å²) in [6.07, 6.45) is 2.41. The Labute approximate surface area is 116 Å². The van der Waals surface area contributed by atoms with Crippen molar-refractivity contribution in [2.75, 3.05) is 7.11 Å². The first kappa shape index (κ1) is 12.9. The number of nitrogens with one attached hydrogen (secondary N) is 1. The molecule has 5 heteroatoms. The topological polar surface area (TPSA) is 60.4 Å². The van der Waals surface area contributed by atoms with Crippen LogP contribution < -0.4 is 11.3 Å². The lowest BCUT2D eigenvalue weighted by Crippen LogP contribution is -2.38. The van der Waals surface area contributed by atoms with E-state index in [0.717, 1.165) is 16.7 Å². The maximum atomic E-state index is 5.98. The molecule has 0 amide bonds. The Morgan fingerprint density at radius 1 is 1.42 bits per heavy atom. The van der Waals surface area contributed by atoms with Crippen LogP contribution in [0.4, 0.5) is 0 Å². The van der Waals surface area contributed by atoms with Crippen molar-refractivity contribution in [1.82, 2.24) is 5.43 Å². The molecule has 1 saturated carbocycles. The van der Waals surface area contributed by atoms with Crippen molar-refractivity contribution in [2.45, 2.75) is 25.0 Å². The van der Waals surface area contributed by atoms with Gasteiger partial charge in [-0.25, -0.2) is 5.43 Å². The standard InChI is InChI=1S/C14H17ClN2O2/c1-18-14(8-2-3-8)13(17-16)12-7-9-6-10(15)4-5-11(9)19-12/h4-8,13-14,17H,2-3,16H2,1H3. The molecule has 1 fully saturated rings. The first-order chi connectivity index (χ1) is 9.22. The van der Waals surface area contributed by atoms with Gasteiger partial charge in [0, 0.05) is 17.5 Å². The molecule has 1 heterocycles. The third kappa shape index (κ3) is 2.49. The molecule has 1 aromatic heterocycles. The fraction of sp³-hybridized carbons (Fsp3) is 0.429. The molecule has 0 bridgehead atoms. The summed E-state index contributed by atoms with van der Waals surface area (Å²) in [5.74, 6) is 7.03. The number of fused-ring (bicyclic) bond motifs is 1. The Kier molecular flexibility index (Phi) is 3.50. The summed E-state index contributed by atoms with van der Waals surface area (Å²) in [4.78, 5) is 0. The Bertz CT molecular complexity index is 580. The monoisotopic (exact) mass is 280 g/mol. The van der Waals surface area contributed by atoms with Crippen LogP contribution in [0.1, 0.15) is 24.6 Å². The highest BCUT2D eigenvalue weighted by Gasteiger charge is 2.38. The van der Waals surface area contributed by atoms with Gasteiger partial charge in [-0.3, -0.25) is 5.84 Å². The Morgan fingerprint density at radius 2 is 2.21 bits per heavy atom. The second-order valence-electron chi connectivity index (χ2n) is 5.01. The zero-order valence-electron chi connectivity index (χ0n) is 10.7. The zero-order valence-corrected chi connectivity index (χ0v) is 11.5. The molecule has 102 valence electrons. The second-order valence-corrected chi connectivity index (χ2v) is 5.45. The Balaban J connectivity index is 1.95. The van der Waals surface area contributed by atoms with Gasteiger partial charge in [0.15, 0.2) is 0 Å². The second kappa shape index (κ2) is 5.13. The van der Waals surface area contributed by atoms with E-state index >= 15 is 0 Å². The summed E-state index contributed by atoms with van der Waals surface area (Å²) < 4.78 is 11.4. The van der Waals surface area contributed by atoms with Gasteiger partial charge in [-0.05, 0) is 43.0 Å². The average Bonchev–Trinajstić information content (AvgIpc) is 3.15. The predicted octanol–water partition coefficient (Wildman–Crippen LogP) is 3.02. The Morgan fingerprint density at radius 3 is 2.84 bits per heavy atom. The lowest BCUT2D eigenvalue weighted by Gasteiger charge is -2.23. The van der Waals surface area contributed by atoms with Crippen LogP contribution in [-0.2, 0) is 4.74 Å². The first-order valence-electron chi connectivity index (χ1n) is 6.41. The van der Waals surface area contributed by atoms with Gasteiger partial charge in [0.1, 0.15) is 17.4 Å². The average molecular weight is 281 g/mol. The van der Waals surface area contributed by atoms with Crippen LogP contribution in [0.2, 0.25) is 5.02 Å². The maximum absolute atomic E-state index is 5.98. The highest BCUT2D eigenvalue weighted by atomic mass is 35.5. The van der Waals surface area contributed by atoms with Crippen LogP contribution in [0.25, 0.3) is 11.0 Å². The van der Waals surface area contributed by atoms with Crippen molar-refractivity contribution in [3.8, 4) is 0 Å². The van der Waals surface area contributed by atoms with Crippen molar-refractivity contribution < 1.29 is 9.15 Å². The molecule has 1 aliphatic rings. The van der Waals surface area contributed by atoms with Gasteiger partial charge >= 0.3 is 0 Å². The van der Waals surface area contributed by atoms with Gasteiger partial charge in [0.05, 0.1) is 6.10 Å². The molecular formula is C14H17ClN2O2. The van der Waals surface area contributed by atoms with Crippen LogP contribution in [0.5, 0.6) is 0 Å². The lowest BCUT2D eigenvalue weighted by atomic mass is 10.0. The number of ether oxygens (including phenoxy) is 1. The van der Waals surface area contributed by atoms with Gasteiger partial charge in [-0.2, -0.15) is 0 Å². The molecule has 1 aromatic carbocycles. The molecule has 2 atom stereocenters. The fourth-order valence-corrected chi connectivity index (χ4v) is 2.73. The van der Waals surface area contributed by atoms with Gasteiger partial charge in [0.2, 0.25) is 0 Å². The van der Waals surface area contributed by atoms with E-state index in [2.05, 4.69) is 5.43 Å². The molecule has 3 N–H and O–H groups in total. The molecule has 0 aliphatic heterocycles. The number of rotatable bonds is 5. The van der Waals surface area contributed by atoms with Crippen molar-refractivity contribution in [1.29, 1.82) is 0 Å². The SMILES string of the molecule is COC(C1CC1)C(NN)c1cc2cc(Cl)ccc2o1. The smallest absolute Gasteiger partial charge is 0.134 e. The summed E-state index contributed by atoms with van der Waals surface area (Å²) in [6.45, 7) is 0. The van der Waals surface area contributed by atoms with Crippen LogP contribution in [0.3, 0.4) is 0 Å². The molecule has 19 heavy (non-hydrogen) atoms. The number of hydrogen-bond acceptors (Lipinski definition) is 4. The van der Waals surface area contributed by atoms with Crippen molar-refractivity contribution in [2.24, 2.45) is 11.8 Å². The van der Waals surface area contributed by atoms with Gasteiger partial charge in [-0.1, -0.05) is 11.6 Å². The van der Waals surface area contributed by atoms with Crippen LogP contribution in [0.15, 0.2) is 28.7 Å². The summed E-state index contributed by atoms with van der Waals surface area (Å²) in [5, 5.41) is 1.68. The van der Waals surface area contributed by atoms with Crippen LogP contribution >= 0.6 is 11.6 Å². The molecule has 4 nitrogen and oxygen atoms in total.